The third-order valence-corrected chi connectivity index (χ3v) is 3.11. The van der Waals surface area contributed by atoms with E-state index < -0.39 is 40.5 Å². The zero-order chi connectivity index (χ0) is 15.0. The number of nitrogens with zero attached hydrogens (tertiary/aromatic N) is 2. The number of halogens is 2. The molecule has 2 fully saturated rings. The van der Waals surface area contributed by atoms with Crippen LogP contribution in [0.15, 0.2) is 0 Å². The number of imide groups is 2. The van der Waals surface area contributed by atoms with Crippen LogP contribution in [0.1, 0.15) is 12.8 Å². The van der Waals surface area contributed by atoms with Gasteiger partial charge in [0.25, 0.3) is 23.6 Å². The second kappa shape index (κ2) is 5.25. The van der Waals surface area contributed by atoms with Crippen LogP contribution in [0.2, 0.25) is 0 Å². The first-order valence-corrected chi connectivity index (χ1v) is 6.10. The molecule has 0 bridgehead atoms. The maximum absolute atomic E-state index is 11.3. The molecule has 2 unspecified atom stereocenters. The SMILES string of the molecule is O=C(ON1C(=O)CC(Cl)C1=O)ON1C(=O)CC(Cl)C1=O. The molecule has 0 radical (unpaired) electrons. The number of hydrogen-bond donors (Lipinski definition) is 0. The first-order chi connectivity index (χ1) is 9.31. The van der Waals surface area contributed by atoms with E-state index in [1.807, 2.05) is 0 Å². The molecule has 20 heavy (non-hydrogen) atoms. The van der Waals surface area contributed by atoms with Crippen molar-refractivity contribution in [2.45, 2.75) is 23.6 Å². The molecule has 2 aliphatic heterocycles. The molecule has 2 heterocycles. The zero-order valence-corrected chi connectivity index (χ0v) is 11.1. The molecule has 2 rings (SSSR count). The van der Waals surface area contributed by atoms with Crippen LogP contribution in [0.5, 0.6) is 0 Å². The molecular weight excluding hydrogens is 319 g/mol. The van der Waals surface area contributed by atoms with Crippen molar-refractivity contribution in [2.75, 3.05) is 0 Å². The van der Waals surface area contributed by atoms with Crippen LogP contribution in [-0.4, -0.2) is 50.7 Å². The van der Waals surface area contributed by atoms with E-state index in [-0.39, 0.29) is 23.0 Å². The van der Waals surface area contributed by atoms with E-state index in [2.05, 4.69) is 9.68 Å². The largest absolute Gasteiger partial charge is 0.560 e. The van der Waals surface area contributed by atoms with Gasteiger partial charge in [0, 0.05) is 0 Å². The fourth-order valence-electron chi connectivity index (χ4n) is 1.50. The van der Waals surface area contributed by atoms with Crippen molar-refractivity contribution < 1.29 is 33.6 Å². The highest BCUT2D eigenvalue weighted by Crippen LogP contribution is 2.21. The minimum Gasteiger partial charge on any atom is -0.293 e. The van der Waals surface area contributed by atoms with Crippen LogP contribution < -0.4 is 0 Å². The Labute approximate surface area is 121 Å². The average molecular weight is 325 g/mol. The Balaban J connectivity index is 1.97. The summed E-state index contributed by atoms with van der Waals surface area (Å²) in [6.45, 7) is 0. The molecule has 2 aliphatic rings. The van der Waals surface area contributed by atoms with Crippen molar-refractivity contribution >= 4 is 53.0 Å². The lowest BCUT2D eigenvalue weighted by molar-refractivity contribution is -0.198. The molecule has 0 spiro atoms. The van der Waals surface area contributed by atoms with Crippen molar-refractivity contribution in [3.63, 3.8) is 0 Å². The van der Waals surface area contributed by atoms with E-state index in [0.717, 1.165) is 0 Å². The number of amides is 4. The predicted molar refractivity (Wildman–Crippen MR) is 59.8 cm³/mol. The lowest BCUT2D eigenvalue weighted by atomic mass is 10.4. The van der Waals surface area contributed by atoms with Gasteiger partial charge < -0.3 is 0 Å². The summed E-state index contributed by atoms with van der Waals surface area (Å²) in [5.41, 5.74) is 0. The summed E-state index contributed by atoms with van der Waals surface area (Å²) in [4.78, 5) is 65.1. The fourth-order valence-corrected chi connectivity index (χ4v) is 1.95. The Morgan fingerprint density at radius 3 is 1.50 bits per heavy atom. The van der Waals surface area contributed by atoms with E-state index >= 15 is 0 Å². The van der Waals surface area contributed by atoms with Crippen molar-refractivity contribution in [3.05, 3.63) is 0 Å². The topological polar surface area (TPSA) is 110 Å². The Kier molecular flexibility index (Phi) is 3.82. The number of hydrogen-bond acceptors (Lipinski definition) is 7. The standard InChI is InChI=1S/C9H6Cl2N2O7/c10-3-1-5(14)12(7(3)16)19-9(18)20-13-6(15)2-4(11)8(13)17/h3-4H,1-2H2. The van der Waals surface area contributed by atoms with Crippen molar-refractivity contribution in [3.8, 4) is 0 Å². The van der Waals surface area contributed by atoms with Crippen molar-refractivity contribution in [1.29, 1.82) is 0 Å². The molecule has 0 aromatic carbocycles. The molecule has 2 saturated heterocycles. The number of carbonyl (C=O) groups is 5. The molecule has 11 heteroatoms. The Hall–Kier alpha value is -1.87. The molecule has 4 amide bonds. The van der Waals surface area contributed by atoms with Gasteiger partial charge in [-0.1, -0.05) is 10.1 Å². The third kappa shape index (κ3) is 2.54. The van der Waals surface area contributed by atoms with Crippen LogP contribution in [0, 0.1) is 0 Å². The summed E-state index contributed by atoms with van der Waals surface area (Å²) >= 11 is 11.0. The summed E-state index contributed by atoms with van der Waals surface area (Å²) in [7, 11) is 0. The van der Waals surface area contributed by atoms with Gasteiger partial charge in [-0.25, -0.2) is 0 Å². The molecule has 0 N–H and O–H groups in total. The number of hydroxylamine groups is 4. The molecule has 0 saturated carbocycles. The second-order valence-electron chi connectivity index (χ2n) is 3.83. The van der Waals surface area contributed by atoms with Crippen molar-refractivity contribution in [1.82, 2.24) is 10.1 Å². The Bertz CT molecular complexity index is 478. The summed E-state index contributed by atoms with van der Waals surface area (Å²) in [5, 5.41) is -2.05. The van der Waals surface area contributed by atoms with E-state index in [1.54, 1.807) is 0 Å². The van der Waals surface area contributed by atoms with Gasteiger partial charge in [-0.2, -0.15) is 4.79 Å². The van der Waals surface area contributed by atoms with Crippen LogP contribution >= 0.6 is 23.2 Å². The predicted octanol–water partition coefficient (Wildman–Crippen LogP) is -0.298. The minimum atomic E-state index is -1.61. The van der Waals surface area contributed by atoms with E-state index in [1.165, 1.54) is 0 Å². The highest BCUT2D eigenvalue weighted by molar-refractivity contribution is 6.35. The first-order valence-electron chi connectivity index (χ1n) is 5.23. The normalized spacial score (nSPS) is 26.5. The molecule has 108 valence electrons. The fraction of sp³-hybridized carbons (Fsp3) is 0.444. The molecule has 0 aliphatic carbocycles. The van der Waals surface area contributed by atoms with E-state index in [9.17, 15) is 24.0 Å². The van der Waals surface area contributed by atoms with Crippen LogP contribution in [0.25, 0.3) is 0 Å². The summed E-state index contributed by atoms with van der Waals surface area (Å²) in [6, 6.07) is 0. The van der Waals surface area contributed by atoms with Crippen LogP contribution in [0.4, 0.5) is 4.79 Å². The summed E-state index contributed by atoms with van der Waals surface area (Å²) in [6.07, 6.45) is -2.28. The molecule has 0 aromatic rings. The van der Waals surface area contributed by atoms with E-state index in [0.29, 0.717) is 0 Å². The van der Waals surface area contributed by atoms with Gasteiger partial charge >= 0.3 is 6.16 Å². The van der Waals surface area contributed by atoms with Gasteiger partial charge in [-0.15, -0.1) is 23.2 Å². The number of alkyl halides is 2. The van der Waals surface area contributed by atoms with Gasteiger partial charge in [0.05, 0.1) is 12.8 Å². The Morgan fingerprint density at radius 1 is 0.900 bits per heavy atom. The summed E-state index contributed by atoms with van der Waals surface area (Å²) < 4.78 is 0. The quantitative estimate of drug-likeness (QED) is 0.506. The van der Waals surface area contributed by atoms with Gasteiger partial charge in [0.15, 0.2) is 0 Å². The maximum Gasteiger partial charge on any atom is 0.560 e. The maximum atomic E-state index is 11.3. The molecule has 9 nitrogen and oxygen atoms in total. The zero-order valence-electron chi connectivity index (χ0n) is 9.58. The average Bonchev–Trinajstić information content (AvgIpc) is 2.74. The van der Waals surface area contributed by atoms with Gasteiger partial charge in [0.2, 0.25) is 0 Å². The van der Waals surface area contributed by atoms with Gasteiger partial charge in [-0.05, 0) is 0 Å². The molecular formula is C9H6Cl2N2O7. The smallest absolute Gasteiger partial charge is 0.293 e. The lowest BCUT2D eigenvalue weighted by Crippen LogP contribution is -2.38. The lowest BCUT2D eigenvalue weighted by Gasteiger charge is -2.15. The van der Waals surface area contributed by atoms with Gasteiger partial charge in [0.1, 0.15) is 10.8 Å². The monoisotopic (exact) mass is 324 g/mol. The van der Waals surface area contributed by atoms with Crippen LogP contribution in [-0.2, 0) is 28.9 Å². The van der Waals surface area contributed by atoms with Gasteiger partial charge in [-0.3, -0.25) is 28.9 Å². The third-order valence-electron chi connectivity index (χ3n) is 2.43. The molecule has 0 aromatic heterocycles. The highest BCUT2D eigenvalue weighted by atomic mass is 35.5. The number of carbonyl (C=O) groups excluding carboxylic acids is 5. The first kappa shape index (κ1) is 14.5. The highest BCUT2D eigenvalue weighted by Gasteiger charge is 2.44. The second-order valence-corrected chi connectivity index (χ2v) is 4.88. The Morgan fingerprint density at radius 2 is 1.25 bits per heavy atom. The molecule has 2 atom stereocenters. The van der Waals surface area contributed by atoms with Crippen molar-refractivity contribution in [2.24, 2.45) is 0 Å². The minimum absolute atomic E-state index is 0.114. The number of rotatable bonds is 2. The van der Waals surface area contributed by atoms with E-state index in [4.69, 9.17) is 23.2 Å². The van der Waals surface area contributed by atoms with Crippen LogP contribution in [0.3, 0.4) is 0 Å². The summed E-state index contributed by atoms with van der Waals surface area (Å²) in [5.74, 6) is -3.58.